The van der Waals surface area contributed by atoms with Gasteiger partial charge >= 0.3 is 5.97 Å². The van der Waals surface area contributed by atoms with Crippen LogP contribution in [0.4, 0.5) is 5.69 Å². The largest absolute Gasteiger partial charge is 0.497 e. The second kappa shape index (κ2) is 10.8. The normalized spacial score (nSPS) is 38.8. The number of hydrogen-bond donors (Lipinski definition) is 0. The molecule has 7 rings (SSSR count). The van der Waals surface area contributed by atoms with Crippen LogP contribution in [0.15, 0.2) is 24.3 Å². The molecular formula is C30H42N2O8. The highest BCUT2D eigenvalue weighted by molar-refractivity contribution is 5.81. The highest BCUT2D eigenvalue weighted by Crippen LogP contribution is 2.60. The molecule has 0 aromatic heterocycles. The van der Waals surface area contributed by atoms with Gasteiger partial charge in [0, 0.05) is 56.5 Å². The van der Waals surface area contributed by atoms with Crippen LogP contribution in [0.25, 0.3) is 0 Å². The fourth-order valence-electron chi connectivity index (χ4n) is 7.57. The first-order valence-electron chi connectivity index (χ1n) is 14.8. The van der Waals surface area contributed by atoms with Crippen LogP contribution in [0.3, 0.4) is 0 Å². The number of fused-ring (bicyclic) bond motifs is 2. The number of hydrogen-bond acceptors (Lipinski definition) is 9. The van der Waals surface area contributed by atoms with Crippen molar-refractivity contribution in [3.63, 3.8) is 0 Å². The smallest absolute Gasteiger partial charge is 0.308 e. The lowest BCUT2D eigenvalue weighted by Gasteiger charge is -2.59. The van der Waals surface area contributed by atoms with Crippen molar-refractivity contribution in [3.05, 3.63) is 24.3 Å². The molecule has 1 aliphatic carbocycles. The zero-order valence-corrected chi connectivity index (χ0v) is 24.0. The summed E-state index contributed by atoms with van der Waals surface area (Å²) < 4.78 is 23.8. The molecule has 6 fully saturated rings. The second-order valence-corrected chi connectivity index (χ2v) is 12.3. The number of carbonyl (C=O) groups excluding carboxylic acids is 2. The van der Waals surface area contributed by atoms with Gasteiger partial charge in [0.2, 0.25) is 18.0 Å². The van der Waals surface area contributed by atoms with Crippen LogP contribution in [-0.4, -0.2) is 74.0 Å². The number of piperazine rings is 1. The first-order valence-corrected chi connectivity index (χ1v) is 14.8. The molecule has 5 aliphatic heterocycles. The molecule has 5 saturated heterocycles. The van der Waals surface area contributed by atoms with Gasteiger partial charge in [-0.25, -0.2) is 9.78 Å². The van der Waals surface area contributed by atoms with Crippen molar-refractivity contribution in [2.75, 3.05) is 38.2 Å². The number of anilines is 1. The second-order valence-electron chi connectivity index (χ2n) is 12.3. The van der Waals surface area contributed by atoms with Crippen LogP contribution in [0.5, 0.6) is 5.75 Å². The summed E-state index contributed by atoms with van der Waals surface area (Å²) in [5.41, 5.74) is 0.412. The van der Waals surface area contributed by atoms with E-state index < -0.39 is 29.9 Å². The van der Waals surface area contributed by atoms with E-state index in [0.717, 1.165) is 50.2 Å². The summed E-state index contributed by atoms with van der Waals surface area (Å²) >= 11 is 0. The summed E-state index contributed by atoms with van der Waals surface area (Å²) in [5, 5.41) is 0. The summed E-state index contributed by atoms with van der Waals surface area (Å²) in [5.74, 6) is 0.183. The van der Waals surface area contributed by atoms with E-state index >= 15 is 0 Å². The quantitative estimate of drug-likeness (QED) is 0.381. The first kappa shape index (κ1) is 27.8. The van der Waals surface area contributed by atoms with Crippen molar-refractivity contribution < 1.29 is 38.3 Å². The number of nitrogens with zero attached hydrogens (tertiary/aromatic N) is 2. The van der Waals surface area contributed by atoms with E-state index in [-0.39, 0.29) is 36.5 Å². The minimum absolute atomic E-state index is 0.0163. The fraction of sp³-hybridized carbons (Fsp3) is 0.733. The lowest BCUT2D eigenvalue weighted by Crippen LogP contribution is -2.70. The van der Waals surface area contributed by atoms with Crippen LogP contribution in [0.2, 0.25) is 0 Å². The van der Waals surface area contributed by atoms with Crippen molar-refractivity contribution in [2.24, 2.45) is 23.7 Å². The topological polar surface area (TPSA) is 96.0 Å². The molecule has 1 aromatic carbocycles. The molecule has 220 valence electrons. The third-order valence-electron chi connectivity index (χ3n) is 9.96. The molecule has 2 unspecified atom stereocenters. The number of ether oxygens (including phenoxy) is 4. The number of amides is 1. The highest BCUT2D eigenvalue weighted by Gasteiger charge is 2.69. The van der Waals surface area contributed by atoms with E-state index in [4.69, 9.17) is 28.7 Å². The Kier molecular flexibility index (Phi) is 7.48. The standard InChI is InChI=1S/C30H42N2O8/c1-19-5-10-24-20(2)27(37-28-30(24)23(19)13-14-29(3,38-28)39-40-30)36-26(34)12-11-25(33)32-17-15-31(16-18-32)21-6-8-22(35-4)9-7-21/h6-9,19-20,23-24,27-28H,5,10-18H2,1-4H3/t19-,20-,23?,24?,27-,28-,29+,30-/m1/s1. The lowest BCUT2D eigenvalue weighted by molar-refractivity contribution is -0.576. The Balaban J connectivity index is 1.02. The highest BCUT2D eigenvalue weighted by atomic mass is 17.3. The predicted octanol–water partition coefficient (Wildman–Crippen LogP) is 3.88. The molecule has 0 N–H and O–H groups in total. The van der Waals surface area contributed by atoms with Gasteiger partial charge < -0.3 is 28.7 Å². The minimum Gasteiger partial charge on any atom is -0.497 e. The zero-order valence-electron chi connectivity index (χ0n) is 24.0. The van der Waals surface area contributed by atoms with Crippen molar-refractivity contribution in [2.45, 2.75) is 83.3 Å². The van der Waals surface area contributed by atoms with Gasteiger partial charge in [-0.15, -0.1) is 0 Å². The summed E-state index contributed by atoms with van der Waals surface area (Å²) in [7, 11) is 1.65. The van der Waals surface area contributed by atoms with E-state index in [0.29, 0.717) is 19.0 Å². The average Bonchev–Trinajstić information content (AvgIpc) is 3.20. The SMILES string of the molecule is COc1ccc(N2CCN(C(=O)CCC(=O)O[C@@H]3O[C@@H]4O[C@]5(C)CCC6[C@H](C)CCC([C@H]3C)[C@]64OO5)CC2)cc1. The fourth-order valence-corrected chi connectivity index (χ4v) is 7.57. The van der Waals surface area contributed by atoms with Crippen LogP contribution < -0.4 is 9.64 Å². The maximum atomic E-state index is 12.9. The van der Waals surface area contributed by atoms with Crippen LogP contribution in [0.1, 0.15) is 59.3 Å². The number of esters is 1. The zero-order chi connectivity index (χ0) is 28.1. The van der Waals surface area contributed by atoms with Gasteiger partial charge in [0.15, 0.2) is 11.9 Å². The number of methoxy groups -OCH3 is 1. The van der Waals surface area contributed by atoms with Gasteiger partial charge in [0.05, 0.1) is 13.5 Å². The first-order chi connectivity index (χ1) is 19.2. The third kappa shape index (κ3) is 4.86. The van der Waals surface area contributed by atoms with Crippen molar-refractivity contribution in [1.29, 1.82) is 0 Å². The Morgan fingerprint density at radius 1 is 0.975 bits per heavy atom. The van der Waals surface area contributed by atoms with Crippen LogP contribution in [-0.2, 0) is 33.6 Å². The summed E-state index contributed by atoms with van der Waals surface area (Å²) in [6, 6.07) is 7.94. The Morgan fingerprint density at radius 3 is 2.45 bits per heavy atom. The van der Waals surface area contributed by atoms with E-state index in [1.807, 2.05) is 36.1 Å². The van der Waals surface area contributed by atoms with Gasteiger partial charge in [-0.3, -0.25) is 9.59 Å². The molecule has 6 aliphatic rings. The van der Waals surface area contributed by atoms with E-state index in [2.05, 4.69) is 18.7 Å². The molecule has 8 atom stereocenters. The van der Waals surface area contributed by atoms with Gasteiger partial charge in [0.1, 0.15) is 5.75 Å². The maximum Gasteiger partial charge on any atom is 0.308 e. The summed E-state index contributed by atoms with van der Waals surface area (Å²) in [6.07, 6.45) is 2.40. The monoisotopic (exact) mass is 558 g/mol. The molecule has 10 nitrogen and oxygen atoms in total. The molecule has 1 spiro atoms. The lowest BCUT2D eigenvalue weighted by atomic mass is 9.58. The Morgan fingerprint density at radius 2 is 1.73 bits per heavy atom. The number of rotatable bonds is 6. The number of carbonyl (C=O) groups is 2. The molecule has 5 heterocycles. The predicted molar refractivity (Wildman–Crippen MR) is 144 cm³/mol. The molecule has 1 amide bonds. The van der Waals surface area contributed by atoms with Gasteiger partial charge in [0.25, 0.3) is 0 Å². The van der Waals surface area contributed by atoms with Gasteiger partial charge in [-0.05, 0) is 62.3 Å². The van der Waals surface area contributed by atoms with Crippen LogP contribution >= 0.6 is 0 Å². The minimum atomic E-state index is -0.878. The van der Waals surface area contributed by atoms with Crippen molar-refractivity contribution in [1.82, 2.24) is 4.90 Å². The average molecular weight is 559 g/mol. The maximum absolute atomic E-state index is 12.9. The molecule has 10 heteroatoms. The molecular weight excluding hydrogens is 516 g/mol. The van der Waals surface area contributed by atoms with Crippen molar-refractivity contribution >= 4 is 17.6 Å². The molecule has 1 aromatic rings. The number of benzene rings is 1. The van der Waals surface area contributed by atoms with Crippen molar-refractivity contribution in [3.8, 4) is 5.75 Å². The summed E-state index contributed by atoms with van der Waals surface area (Å²) in [6.45, 7) is 8.91. The third-order valence-corrected chi connectivity index (χ3v) is 9.96. The Labute approximate surface area is 236 Å². The Hall–Kier alpha value is -2.40. The van der Waals surface area contributed by atoms with E-state index in [1.165, 1.54) is 0 Å². The van der Waals surface area contributed by atoms with Gasteiger partial charge in [-0.2, -0.15) is 0 Å². The van der Waals surface area contributed by atoms with E-state index in [1.54, 1.807) is 7.11 Å². The van der Waals surface area contributed by atoms with E-state index in [9.17, 15) is 9.59 Å². The molecule has 40 heavy (non-hydrogen) atoms. The molecule has 1 saturated carbocycles. The van der Waals surface area contributed by atoms with Crippen LogP contribution in [0, 0.1) is 23.7 Å². The molecule has 0 radical (unpaired) electrons. The summed E-state index contributed by atoms with van der Waals surface area (Å²) in [4.78, 5) is 41.9. The molecule has 2 bridgehead atoms. The van der Waals surface area contributed by atoms with Gasteiger partial charge in [-0.1, -0.05) is 13.8 Å². The Bertz CT molecular complexity index is 1090.